The van der Waals surface area contributed by atoms with Crippen LogP contribution in [0, 0.1) is 11.8 Å². The highest BCUT2D eigenvalue weighted by atomic mass is 16.6. The summed E-state index contributed by atoms with van der Waals surface area (Å²) in [5.74, 6) is -0.0984. The third-order valence-corrected chi connectivity index (χ3v) is 3.64. The van der Waals surface area contributed by atoms with Crippen LogP contribution in [-0.2, 0) is 14.3 Å². The quantitative estimate of drug-likeness (QED) is 0.785. The van der Waals surface area contributed by atoms with E-state index in [4.69, 9.17) is 9.47 Å². The molecule has 0 aromatic heterocycles. The molecule has 0 aromatic carbocycles. The molecule has 0 aromatic rings. The number of nitrogens with one attached hydrogen (secondary N) is 1. The van der Waals surface area contributed by atoms with Gasteiger partial charge in [0.25, 0.3) is 0 Å². The van der Waals surface area contributed by atoms with Gasteiger partial charge in [-0.15, -0.1) is 0 Å². The van der Waals surface area contributed by atoms with Crippen LogP contribution in [-0.4, -0.2) is 54.8 Å². The minimum absolute atomic E-state index is 0.0372. The Morgan fingerprint density at radius 1 is 1.30 bits per heavy atom. The molecule has 1 N–H and O–H groups in total. The van der Waals surface area contributed by atoms with Crippen molar-refractivity contribution in [3.05, 3.63) is 0 Å². The summed E-state index contributed by atoms with van der Waals surface area (Å²) in [6, 6.07) is 0.0372. The number of hydrogen-bond acceptors (Lipinski definition) is 5. The van der Waals surface area contributed by atoms with Gasteiger partial charge in [-0.1, -0.05) is 13.8 Å². The van der Waals surface area contributed by atoms with E-state index in [1.54, 1.807) is 11.8 Å². The molecular formula is C17H32N2O4. The van der Waals surface area contributed by atoms with E-state index >= 15 is 0 Å². The largest absolute Gasteiger partial charge is 0.466 e. The third-order valence-electron chi connectivity index (χ3n) is 3.64. The molecule has 0 spiro atoms. The normalized spacial score (nSPS) is 22.1. The fourth-order valence-electron chi connectivity index (χ4n) is 2.56. The lowest BCUT2D eigenvalue weighted by Gasteiger charge is -2.38. The summed E-state index contributed by atoms with van der Waals surface area (Å²) in [6.45, 7) is 13.7. The number of rotatable bonds is 5. The minimum atomic E-state index is -0.538. The Kier molecular flexibility index (Phi) is 7.32. The topological polar surface area (TPSA) is 67.9 Å². The molecule has 0 radical (unpaired) electrons. The van der Waals surface area contributed by atoms with Crippen molar-refractivity contribution >= 4 is 12.1 Å². The molecule has 23 heavy (non-hydrogen) atoms. The Labute approximate surface area is 139 Å². The van der Waals surface area contributed by atoms with Crippen molar-refractivity contribution in [2.24, 2.45) is 11.8 Å². The Bertz CT molecular complexity index is 404. The highest BCUT2D eigenvalue weighted by Crippen LogP contribution is 2.21. The molecule has 1 aliphatic rings. The molecule has 0 unspecified atom stereocenters. The van der Waals surface area contributed by atoms with E-state index in [1.807, 2.05) is 20.8 Å². The van der Waals surface area contributed by atoms with Gasteiger partial charge in [0.1, 0.15) is 5.60 Å². The van der Waals surface area contributed by atoms with Crippen LogP contribution in [0.15, 0.2) is 0 Å². The first-order valence-corrected chi connectivity index (χ1v) is 8.52. The number of carbonyl (C=O) groups is 2. The SMILES string of the molecule is CCOC(=O)[C@@H]1CN(C(=O)OC(C)(C)C)CC[C@H]1NCC(C)C. The van der Waals surface area contributed by atoms with E-state index in [2.05, 4.69) is 19.2 Å². The molecular weight excluding hydrogens is 296 g/mol. The predicted octanol–water partition coefficient (Wildman–Crippen LogP) is 2.42. The zero-order chi connectivity index (χ0) is 17.6. The number of nitrogens with zero attached hydrogens (tertiary/aromatic N) is 1. The average Bonchev–Trinajstić information content (AvgIpc) is 2.43. The summed E-state index contributed by atoms with van der Waals surface area (Å²) in [4.78, 5) is 26.1. The van der Waals surface area contributed by atoms with Crippen LogP contribution in [0.2, 0.25) is 0 Å². The predicted molar refractivity (Wildman–Crippen MR) is 89.2 cm³/mol. The zero-order valence-electron chi connectivity index (χ0n) is 15.3. The van der Waals surface area contributed by atoms with Crippen LogP contribution in [0.4, 0.5) is 4.79 Å². The van der Waals surface area contributed by atoms with Crippen molar-refractivity contribution in [1.82, 2.24) is 10.2 Å². The van der Waals surface area contributed by atoms with Crippen molar-refractivity contribution in [3.8, 4) is 0 Å². The molecule has 1 amide bonds. The lowest BCUT2D eigenvalue weighted by Crippen LogP contribution is -2.55. The van der Waals surface area contributed by atoms with Gasteiger partial charge in [-0.05, 0) is 46.6 Å². The number of piperidine rings is 1. The van der Waals surface area contributed by atoms with Gasteiger partial charge in [0.05, 0.1) is 12.5 Å². The highest BCUT2D eigenvalue weighted by Gasteiger charge is 2.38. The monoisotopic (exact) mass is 328 g/mol. The number of esters is 1. The van der Waals surface area contributed by atoms with Crippen LogP contribution in [0.3, 0.4) is 0 Å². The van der Waals surface area contributed by atoms with Crippen molar-refractivity contribution < 1.29 is 19.1 Å². The van der Waals surface area contributed by atoms with Crippen LogP contribution in [0.25, 0.3) is 0 Å². The van der Waals surface area contributed by atoms with Crippen LogP contribution in [0.1, 0.15) is 48.0 Å². The summed E-state index contributed by atoms with van der Waals surface area (Å²) in [6.07, 6.45) is 0.351. The number of carbonyl (C=O) groups excluding carboxylic acids is 2. The minimum Gasteiger partial charge on any atom is -0.466 e. The molecule has 1 heterocycles. The summed E-state index contributed by atoms with van der Waals surface area (Å²) >= 11 is 0. The molecule has 1 fully saturated rings. The van der Waals surface area contributed by atoms with Crippen LogP contribution >= 0.6 is 0 Å². The molecule has 6 heteroatoms. The van der Waals surface area contributed by atoms with E-state index in [-0.39, 0.29) is 24.0 Å². The number of hydrogen-bond donors (Lipinski definition) is 1. The summed E-state index contributed by atoms with van der Waals surface area (Å²) in [7, 11) is 0. The van der Waals surface area contributed by atoms with Gasteiger partial charge < -0.3 is 19.7 Å². The maximum Gasteiger partial charge on any atom is 0.410 e. The van der Waals surface area contributed by atoms with E-state index in [0.717, 1.165) is 13.0 Å². The van der Waals surface area contributed by atoms with Gasteiger partial charge in [0.15, 0.2) is 0 Å². The molecule has 1 aliphatic heterocycles. The second-order valence-electron chi connectivity index (χ2n) is 7.48. The molecule has 0 saturated carbocycles. The number of ether oxygens (including phenoxy) is 2. The van der Waals surface area contributed by atoms with Crippen LogP contribution in [0.5, 0.6) is 0 Å². The van der Waals surface area contributed by atoms with Gasteiger partial charge in [-0.2, -0.15) is 0 Å². The first-order chi connectivity index (χ1) is 10.6. The van der Waals surface area contributed by atoms with Gasteiger partial charge in [0.2, 0.25) is 0 Å². The smallest absolute Gasteiger partial charge is 0.410 e. The Morgan fingerprint density at radius 3 is 2.48 bits per heavy atom. The molecule has 0 bridgehead atoms. The van der Waals surface area contributed by atoms with E-state index in [9.17, 15) is 9.59 Å². The molecule has 134 valence electrons. The average molecular weight is 328 g/mol. The Hall–Kier alpha value is -1.30. The van der Waals surface area contributed by atoms with Gasteiger partial charge >= 0.3 is 12.1 Å². The first-order valence-electron chi connectivity index (χ1n) is 8.52. The standard InChI is InChI=1S/C17H32N2O4/c1-7-22-15(20)13-11-19(16(21)23-17(4,5)6)9-8-14(13)18-10-12(2)3/h12-14,18H,7-11H2,1-6H3/t13-,14-/m1/s1. The lowest BCUT2D eigenvalue weighted by molar-refractivity contribution is -0.150. The van der Waals surface area contributed by atoms with Gasteiger partial charge in [-0.25, -0.2) is 4.79 Å². The highest BCUT2D eigenvalue weighted by molar-refractivity contribution is 5.75. The summed E-state index contributed by atoms with van der Waals surface area (Å²) in [5, 5.41) is 3.44. The molecule has 2 atom stereocenters. The van der Waals surface area contributed by atoms with E-state index in [0.29, 0.717) is 25.6 Å². The maximum absolute atomic E-state index is 12.3. The number of likely N-dealkylation sites (tertiary alicyclic amines) is 1. The van der Waals surface area contributed by atoms with Crippen LogP contribution < -0.4 is 5.32 Å². The van der Waals surface area contributed by atoms with Gasteiger partial charge in [-0.3, -0.25) is 4.79 Å². The van der Waals surface area contributed by atoms with Crippen molar-refractivity contribution in [2.45, 2.75) is 59.6 Å². The third kappa shape index (κ3) is 6.77. The molecule has 1 rings (SSSR count). The second kappa shape index (κ2) is 8.52. The Balaban J connectivity index is 2.73. The van der Waals surface area contributed by atoms with Gasteiger partial charge in [0, 0.05) is 19.1 Å². The Morgan fingerprint density at radius 2 is 1.96 bits per heavy atom. The fourth-order valence-corrected chi connectivity index (χ4v) is 2.56. The van der Waals surface area contributed by atoms with Crippen molar-refractivity contribution in [3.63, 3.8) is 0 Å². The van der Waals surface area contributed by atoms with Crippen molar-refractivity contribution in [2.75, 3.05) is 26.2 Å². The van der Waals surface area contributed by atoms with E-state index < -0.39 is 5.60 Å². The fraction of sp³-hybridized carbons (Fsp3) is 0.882. The maximum atomic E-state index is 12.3. The first kappa shape index (κ1) is 19.7. The lowest BCUT2D eigenvalue weighted by atomic mass is 9.92. The summed E-state index contributed by atoms with van der Waals surface area (Å²) in [5.41, 5.74) is -0.538. The number of amides is 1. The summed E-state index contributed by atoms with van der Waals surface area (Å²) < 4.78 is 10.6. The molecule has 6 nitrogen and oxygen atoms in total. The van der Waals surface area contributed by atoms with Crippen molar-refractivity contribution in [1.29, 1.82) is 0 Å². The molecule has 1 saturated heterocycles. The zero-order valence-corrected chi connectivity index (χ0v) is 15.3. The second-order valence-corrected chi connectivity index (χ2v) is 7.48. The van der Waals surface area contributed by atoms with E-state index in [1.165, 1.54) is 0 Å². The molecule has 0 aliphatic carbocycles.